The summed E-state index contributed by atoms with van der Waals surface area (Å²) in [5, 5.41) is 6.25. The van der Waals surface area contributed by atoms with E-state index >= 15 is 0 Å². The van der Waals surface area contributed by atoms with Crippen LogP contribution in [0.4, 0.5) is 5.69 Å². The van der Waals surface area contributed by atoms with Gasteiger partial charge < -0.3 is 15.4 Å². The van der Waals surface area contributed by atoms with Crippen LogP contribution in [-0.4, -0.2) is 44.4 Å². The van der Waals surface area contributed by atoms with Gasteiger partial charge in [0, 0.05) is 23.6 Å². The highest BCUT2D eigenvalue weighted by Crippen LogP contribution is 2.24. The molecule has 33 heavy (non-hydrogen) atoms. The van der Waals surface area contributed by atoms with Crippen LogP contribution < -0.4 is 15.4 Å². The van der Waals surface area contributed by atoms with Gasteiger partial charge in [-0.25, -0.2) is 9.97 Å². The van der Waals surface area contributed by atoms with Crippen LogP contribution in [0.25, 0.3) is 11.0 Å². The van der Waals surface area contributed by atoms with Crippen molar-refractivity contribution >= 4 is 34.2 Å². The second-order valence-corrected chi connectivity index (χ2v) is 8.86. The Morgan fingerprint density at radius 1 is 1.12 bits per heavy atom. The Bertz CT molecular complexity index is 1270. The maximum Gasteiger partial charge on any atom is 0.258 e. The van der Waals surface area contributed by atoms with Gasteiger partial charge in [-0.15, -0.1) is 0 Å². The summed E-state index contributed by atoms with van der Waals surface area (Å²) >= 11 is 1.32. The van der Waals surface area contributed by atoms with Crippen molar-refractivity contribution in [3.8, 4) is 5.88 Å². The average Bonchev–Trinajstić information content (AvgIpc) is 3.21. The largest absolute Gasteiger partial charge is 0.474 e. The second kappa shape index (κ2) is 9.60. The number of benzene rings is 1. The van der Waals surface area contributed by atoms with Gasteiger partial charge in [-0.3, -0.25) is 9.78 Å². The number of nitrogens with zero attached hydrogens (tertiary/aromatic N) is 4. The first-order valence-electron chi connectivity index (χ1n) is 11.0. The molecule has 1 amide bonds. The van der Waals surface area contributed by atoms with E-state index in [4.69, 9.17) is 4.74 Å². The maximum atomic E-state index is 13.1. The van der Waals surface area contributed by atoms with Crippen molar-refractivity contribution in [2.45, 2.75) is 32.3 Å². The van der Waals surface area contributed by atoms with Gasteiger partial charge in [0.15, 0.2) is 0 Å². The average molecular weight is 461 g/mol. The minimum absolute atomic E-state index is 0.180. The molecule has 2 N–H and O–H groups in total. The monoisotopic (exact) mass is 460 g/mol. The van der Waals surface area contributed by atoms with E-state index in [0.717, 1.165) is 47.5 Å². The fraction of sp³-hybridized carbons (Fsp3) is 0.292. The van der Waals surface area contributed by atoms with Gasteiger partial charge >= 0.3 is 0 Å². The number of aromatic nitrogens is 4. The third kappa shape index (κ3) is 4.99. The van der Waals surface area contributed by atoms with Crippen LogP contribution in [0.1, 0.15) is 39.5 Å². The number of pyridine rings is 1. The Kier molecular flexibility index (Phi) is 6.23. The molecule has 0 spiro atoms. The smallest absolute Gasteiger partial charge is 0.258 e. The lowest BCUT2D eigenvalue weighted by atomic mass is 10.1. The molecule has 4 aromatic rings. The van der Waals surface area contributed by atoms with Crippen LogP contribution in [0, 0.1) is 6.92 Å². The predicted molar refractivity (Wildman–Crippen MR) is 128 cm³/mol. The van der Waals surface area contributed by atoms with Crippen molar-refractivity contribution in [1.29, 1.82) is 0 Å². The molecule has 1 aromatic carbocycles. The molecule has 0 unspecified atom stereocenters. The quantitative estimate of drug-likeness (QED) is 0.452. The predicted octanol–water partition coefficient (Wildman–Crippen LogP) is 3.76. The summed E-state index contributed by atoms with van der Waals surface area (Å²) in [4.78, 5) is 27.4. The normalized spacial score (nSPS) is 14.3. The van der Waals surface area contributed by atoms with E-state index in [1.54, 1.807) is 18.5 Å². The molecule has 1 aliphatic heterocycles. The molecule has 3 aromatic heterocycles. The van der Waals surface area contributed by atoms with Crippen LogP contribution in [0.2, 0.25) is 0 Å². The summed E-state index contributed by atoms with van der Waals surface area (Å²) in [6, 6.07) is 11.3. The van der Waals surface area contributed by atoms with Crippen molar-refractivity contribution in [2.24, 2.45) is 0 Å². The molecule has 5 rings (SSSR count). The molecule has 1 aliphatic rings. The first-order valence-corrected chi connectivity index (χ1v) is 11.7. The van der Waals surface area contributed by atoms with Gasteiger partial charge in [-0.05, 0) is 62.6 Å². The van der Waals surface area contributed by atoms with E-state index in [1.165, 1.54) is 11.5 Å². The van der Waals surface area contributed by atoms with Gasteiger partial charge in [0.2, 0.25) is 5.88 Å². The fourth-order valence-electron chi connectivity index (χ4n) is 3.87. The second-order valence-electron chi connectivity index (χ2n) is 8.00. The molecule has 0 atom stereocenters. The number of hydrogen-bond donors (Lipinski definition) is 2. The van der Waals surface area contributed by atoms with Gasteiger partial charge in [-0.1, -0.05) is 12.1 Å². The van der Waals surface area contributed by atoms with E-state index < -0.39 is 0 Å². The summed E-state index contributed by atoms with van der Waals surface area (Å²) < 4.78 is 10.3. The summed E-state index contributed by atoms with van der Waals surface area (Å²) in [5.41, 5.74) is 4.36. The van der Waals surface area contributed by atoms with Crippen molar-refractivity contribution in [2.75, 3.05) is 18.4 Å². The SMILES string of the molecule is Cc1nsc(Cc2cnc3ccccc3n2)c1C(=O)Nc1ccc(OC2CCNCC2)nc1. The third-order valence-electron chi connectivity index (χ3n) is 5.57. The molecular formula is C24H24N6O2S. The Balaban J connectivity index is 1.28. The van der Waals surface area contributed by atoms with E-state index in [0.29, 0.717) is 29.2 Å². The summed E-state index contributed by atoms with van der Waals surface area (Å²) in [6.45, 7) is 3.76. The van der Waals surface area contributed by atoms with E-state index in [2.05, 4.69) is 30.0 Å². The van der Waals surface area contributed by atoms with Gasteiger partial charge in [-0.2, -0.15) is 4.37 Å². The van der Waals surface area contributed by atoms with Gasteiger partial charge in [0.25, 0.3) is 5.91 Å². The lowest BCUT2D eigenvalue weighted by molar-refractivity contribution is 0.102. The number of fused-ring (bicyclic) bond motifs is 1. The Morgan fingerprint density at radius 3 is 2.73 bits per heavy atom. The topological polar surface area (TPSA) is 102 Å². The molecular weight excluding hydrogens is 436 g/mol. The number of hydrogen-bond acceptors (Lipinski definition) is 8. The van der Waals surface area contributed by atoms with Crippen LogP contribution >= 0.6 is 11.5 Å². The molecule has 168 valence electrons. The number of nitrogens with one attached hydrogen (secondary N) is 2. The molecule has 9 heteroatoms. The van der Waals surface area contributed by atoms with Gasteiger partial charge in [0.1, 0.15) is 6.10 Å². The van der Waals surface area contributed by atoms with Crippen molar-refractivity contribution in [3.05, 3.63) is 70.6 Å². The minimum atomic E-state index is -0.209. The maximum absolute atomic E-state index is 13.1. The minimum Gasteiger partial charge on any atom is -0.474 e. The van der Waals surface area contributed by atoms with Crippen molar-refractivity contribution in [3.63, 3.8) is 0 Å². The van der Waals surface area contributed by atoms with Gasteiger partial charge in [0.05, 0.1) is 39.9 Å². The highest BCUT2D eigenvalue weighted by Gasteiger charge is 2.20. The zero-order chi connectivity index (χ0) is 22.6. The number of amides is 1. The molecule has 1 fully saturated rings. The number of rotatable bonds is 6. The third-order valence-corrected chi connectivity index (χ3v) is 6.50. The zero-order valence-electron chi connectivity index (χ0n) is 18.2. The number of piperidine rings is 1. The summed E-state index contributed by atoms with van der Waals surface area (Å²) in [5.74, 6) is 0.364. The van der Waals surface area contributed by atoms with E-state index in [-0.39, 0.29) is 12.0 Å². The standard InChI is InChI=1S/C24H24N6O2S/c1-15-23(21(33-30-15)12-17-14-26-19-4-2-3-5-20(19)28-17)24(31)29-16-6-7-22(27-13-16)32-18-8-10-25-11-9-18/h2-7,13-14,18,25H,8-12H2,1H3,(H,29,31). The molecule has 8 nitrogen and oxygen atoms in total. The Morgan fingerprint density at radius 2 is 1.94 bits per heavy atom. The molecule has 0 aliphatic carbocycles. The highest BCUT2D eigenvalue weighted by molar-refractivity contribution is 7.06. The molecule has 0 bridgehead atoms. The highest BCUT2D eigenvalue weighted by atomic mass is 32.1. The van der Waals surface area contributed by atoms with E-state index in [1.807, 2.05) is 37.3 Å². The number of anilines is 1. The number of carbonyl (C=O) groups excluding carboxylic acids is 1. The summed E-state index contributed by atoms with van der Waals surface area (Å²) in [7, 11) is 0. The fourth-order valence-corrected chi connectivity index (χ4v) is 4.76. The number of carbonyl (C=O) groups is 1. The first-order chi connectivity index (χ1) is 16.2. The molecule has 1 saturated heterocycles. The van der Waals surface area contributed by atoms with Crippen molar-refractivity contribution in [1.82, 2.24) is 24.6 Å². The number of ether oxygens (including phenoxy) is 1. The molecule has 4 heterocycles. The number of aryl methyl sites for hydroxylation is 1. The van der Waals surface area contributed by atoms with Crippen LogP contribution in [0.5, 0.6) is 5.88 Å². The van der Waals surface area contributed by atoms with E-state index in [9.17, 15) is 4.79 Å². The van der Waals surface area contributed by atoms with Crippen LogP contribution in [0.3, 0.4) is 0 Å². The lowest BCUT2D eigenvalue weighted by Crippen LogP contribution is -2.34. The lowest BCUT2D eigenvalue weighted by Gasteiger charge is -2.23. The molecule has 0 radical (unpaired) electrons. The van der Waals surface area contributed by atoms with Crippen LogP contribution in [0.15, 0.2) is 48.8 Å². The zero-order valence-corrected chi connectivity index (χ0v) is 19.1. The Hall–Kier alpha value is -3.43. The van der Waals surface area contributed by atoms with Crippen molar-refractivity contribution < 1.29 is 9.53 Å². The molecule has 0 saturated carbocycles. The first kappa shape index (κ1) is 21.4. The summed E-state index contributed by atoms with van der Waals surface area (Å²) in [6.07, 6.45) is 5.98. The Labute approximate surface area is 195 Å². The van der Waals surface area contributed by atoms with Crippen LogP contribution in [-0.2, 0) is 6.42 Å². The number of para-hydroxylation sites is 2.